The van der Waals surface area contributed by atoms with Crippen LogP contribution >= 0.6 is 0 Å². The molecule has 0 bridgehead atoms. The summed E-state index contributed by atoms with van der Waals surface area (Å²) in [5.41, 5.74) is -0.440. The van der Waals surface area contributed by atoms with Gasteiger partial charge in [0, 0.05) is 25.2 Å². The Morgan fingerprint density at radius 3 is 2.52 bits per heavy atom. The van der Waals surface area contributed by atoms with Gasteiger partial charge in [0.05, 0.1) is 0 Å². The molecule has 0 aliphatic carbocycles. The lowest BCUT2D eigenvalue weighted by Gasteiger charge is -2.22. The highest BCUT2D eigenvalue weighted by molar-refractivity contribution is 5.67. The lowest BCUT2D eigenvalue weighted by atomic mass is 10.1. The predicted molar refractivity (Wildman–Crippen MR) is 86.5 cm³/mol. The largest absolute Gasteiger partial charge is 0.444 e. The van der Waals surface area contributed by atoms with Gasteiger partial charge in [0.25, 0.3) is 0 Å². The van der Waals surface area contributed by atoms with Gasteiger partial charge in [-0.3, -0.25) is 0 Å². The lowest BCUT2D eigenvalue weighted by molar-refractivity contribution is 0.0523. The molecule has 2 atom stereocenters. The van der Waals surface area contributed by atoms with Crippen LogP contribution in [0.25, 0.3) is 0 Å². The standard InChI is InChI=1S/C16H33N3O2/c1-12(2)19-8-7-14(11-19)10-17-13(3)9-18-15(20)21-16(4,5)6/h12-14,17H,7-11H2,1-6H3,(H,18,20). The van der Waals surface area contributed by atoms with Crippen LogP contribution in [0.2, 0.25) is 0 Å². The minimum atomic E-state index is -0.440. The van der Waals surface area contributed by atoms with Crippen molar-refractivity contribution in [2.24, 2.45) is 5.92 Å². The molecule has 0 saturated carbocycles. The molecule has 1 aliphatic heterocycles. The van der Waals surface area contributed by atoms with Gasteiger partial charge in [-0.05, 0) is 67.0 Å². The van der Waals surface area contributed by atoms with Crippen molar-refractivity contribution in [2.75, 3.05) is 26.2 Å². The van der Waals surface area contributed by atoms with Gasteiger partial charge in [-0.1, -0.05) is 0 Å². The number of hydrogen-bond donors (Lipinski definition) is 2. The van der Waals surface area contributed by atoms with Crippen molar-refractivity contribution in [2.45, 2.75) is 65.6 Å². The summed E-state index contributed by atoms with van der Waals surface area (Å²) >= 11 is 0. The summed E-state index contributed by atoms with van der Waals surface area (Å²) in [4.78, 5) is 14.1. The maximum Gasteiger partial charge on any atom is 0.407 e. The van der Waals surface area contributed by atoms with E-state index in [1.807, 2.05) is 20.8 Å². The number of alkyl carbamates (subject to hydrolysis) is 1. The zero-order valence-corrected chi connectivity index (χ0v) is 14.5. The first-order valence-corrected chi connectivity index (χ1v) is 8.11. The molecule has 1 fully saturated rings. The Kier molecular flexibility index (Phi) is 6.94. The van der Waals surface area contributed by atoms with E-state index in [0.717, 1.165) is 12.5 Å². The average molecular weight is 299 g/mol. The third kappa shape index (κ3) is 7.67. The molecule has 2 unspecified atom stereocenters. The molecule has 5 nitrogen and oxygen atoms in total. The molecule has 21 heavy (non-hydrogen) atoms. The van der Waals surface area contributed by atoms with Crippen LogP contribution < -0.4 is 10.6 Å². The van der Waals surface area contributed by atoms with E-state index in [2.05, 4.69) is 36.3 Å². The highest BCUT2D eigenvalue weighted by Gasteiger charge is 2.24. The summed E-state index contributed by atoms with van der Waals surface area (Å²) in [6, 6.07) is 0.895. The number of hydrogen-bond acceptors (Lipinski definition) is 4. The second kappa shape index (κ2) is 7.99. The second-order valence-electron chi connectivity index (χ2n) is 7.44. The normalized spacial score (nSPS) is 21.6. The van der Waals surface area contributed by atoms with Crippen molar-refractivity contribution in [3.8, 4) is 0 Å². The lowest BCUT2D eigenvalue weighted by Crippen LogP contribution is -2.42. The number of ether oxygens (including phenoxy) is 1. The number of likely N-dealkylation sites (tertiary alicyclic amines) is 1. The average Bonchev–Trinajstić information content (AvgIpc) is 2.80. The molecule has 0 aromatic rings. The van der Waals surface area contributed by atoms with E-state index < -0.39 is 5.60 Å². The molecule has 0 spiro atoms. The van der Waals surface area contributed by atoms with Crippen LogP contribution in [-0.4, -0.2) is 54.9 Å². The number of carbonyl (C=O) groups is 1. The zero-order valence-electron chi connectivity index (χ0n) is 14.5. The second-order valence-corrected chi connectivity index (χ2v) is 7.44. The van der Waals surface area contributed by atoms with Gasteiger partial charge in [-0.25, -0.2) is 4.79 Å². The molecule has 0 aromatic carbocycles. The molecule has 1 rings (SSSR count). The van der Waals surface area contributed by atoms with Crippen LogP contribution in [0.3, 0.4) is 0 Å². The molecule has 1 aliphatic rings. The number of nitrogens with zero attached hydrogens (tertiary/aromatic N) is 1. The van der Waals surface area contributed by atoms with E-state index >= 15 is 0 Å². The summed E-state index contributed by atoms with van der Waals surface area (Å²) in [7, 11) is 0. The molecular weight excluding hydrogens is 266 g/mol. The van der Waals surface area contributed by atoms with Crippen LogP contribution in [0.15, 0.2) is 0 Å². The molecule has 124 valence electrons. The van der Waals surface area contributed by atoms with Crippen molar-refractivity contribution in [3.63, 3.8) is 0 Å². The van der Waals surface area contributed by atoms with Crippen LogP contribution in [0.4, 0.5) is 4.79 Å². The van der Waals surface area contributed by atoms with E-state index in [0.29, 0.717) is 12.6 Å². The Morgan fingerprint density at radius 1 is 1.33 bits per heavy atom. The van der Waals surface area contributed by atoms with E-state index in [-0.39, 0.29) is 12.1 Å². The predicted octanol–water partition coefficient (Wildman–Crippen LogP) is 2.22. The smallest absolute Gasteiger partial charge is 0.407 e. The molecule has 1 amide bonds. The quantitative estimate of drug-likeness (QED) is 0.789. The van der Waals surface area contributed by atoms with Crippen molar-refractivity contribution >= 4 is 6.09 Å². The monoisotopic (exact) mass is 299 g/mol. The van der Waals surface area contributed by atoms with Crippen LogP contribution in [0.1, 0.15) is 48.0 Å². The van der Waals surface area contributed by atoms with Crippen molar-refractivity contribution in [1.82, 2.24) is 15.5 Å². The Balaban J connectivity index is 2.14. The highest BCUT2D eigenvalue weighted by atomic mass is 16.6. The zero-order chi connectivity index (χ0) is 16.0. The van der Waals surface area contributed by atoms with E-state index in [1.165, 1.54) is 19.5 Å². The minimum absolute atomic E-state index is 0.255. The fourth-order valence-corrected chi connectivity index (χ4v) is 2.49. The van der Waals surface area contributed by atoms with E-state index in [1.54, 1.807) is 0 Å². The van der Waals surface area contributed by atoms with Gasteiger partial charge >= 0.3 is 6.09 Å². The molecular formula is C16H33N3O2. The number of carbonyl (C=O) groups excluding carboxylic acids is 1. The third-order valence-corrected chi connectivity index (χ3v) is 3.75. The van der Waals surface area contributed by atoms with Gasteiger partial charge < -0.3 is 20.3 Å². The van der Waals surface area contributed by atoms with Crippen LogP contribution in [0.5, 0.6) is 0 Å². The summed E-state index contributed by atoms with van der Waals surface area (Å²) in [6.45, 7) is 16.2. The van der Waals surface area contributed by atoms with Gasteiger partial charge in [-0.2, -0.15) is 0 Å². The molecule has 1 heterocycles. The van der Waals surface area contributed by atoms with Crippen molar-refractivity contribution in [3.05, 3.63) is 0 Å². The Morgan fingerprint density at radius 2 is 2.00 bits per heavy atom. The molecule has 5 heteroatoms. The molecule has 2 N–H and O–H groups in total. The Bertz CT molecular complexity index is 326. The van der Waals surface area contributed by atoms with Gasteiger partial charge in [0.2, 0.25) is 0 Å². The van der Waals surface area contributed by atoms with E-state index in [4.69, 9.17) is 4.74 Å². The maximum absolute atomic E-state index is 11.6. The Labute approximate surface area is 129 Å². The topological polar surface area (TPSA) is 53.6 Å². The Hall–Kier alpha value is -0.810. The minimum Gasteiger partial charge on any atom is -0.444 e. The van der Waals surface area contributed by atoms with Crippen LogP contribution in [0, 0.1) is 5.92 Å². The maximum atomic E-state index is 11.6. The van der Waals surface area contributed by atoms with Crippen molar-refractivity contribution in [1.29, 1.82) is 0 Å². The van der Waals surface area contributed by atoms with Crippen molar-refractivity contribution < 1.29 is 9.53 Å². The SMILES string of the molecule is CC(CNC(=O)OC(C)(C)C)NCC1CCN(C(C)C)C1. The first-order chi connectivity index (χ1) is 9.67. The fraction of sp³-hybridized carbons (Fsp3) is 0.938. The summed E-state index contributed by atoms with van der Waals surface area (Å²) in [5.74, 6) is 0.719. The van der Waals surface area contributed by atoms with Crippen LogP contribution in [-0.2, 0) is 4.74 Å². The van der Waals surface area contributed by atoms with E-state index in [9.17, 15) is 4.79 Å². The first kappa shape index (κ1) is 18.2. The third-order valence-electron chi connectivity index (χ3n) is 3.75. The number of nitrogens with one attached hydrogen (secondary N) is 2. The molecule has 1 saturated heterocycles. The fourth-order valence-electron chi connectivity index (χ4n) is 2.49. The molecule has 0 radical (unpaired) electrons. The van der Waals surface area contributed by atoms with Gasteiger partial charge in [-0.15, -0.1) is 0 Å². The first-order valence-electron chi connectivity index (χ1n) is 8.11. The number of amides is 1. The highest BCUT2D eigenvalue weighted by Crippen LogP contribution is 2.17. The van der Waals surface area contributed by atoms with Gasteiger partial charge in [0.1, 0.15) is 5.60 Å². The summed E-state index contributed by atoms with van der Waals surface area (Å²) in [6.07, 6.45) is 0.917. The van der Waals surface area contributed by atoms with Gasteiger partial charge in [0.15, 0.2) is 0 Å². The number of rotatable bonds is 6. The molecule has 0 aromatic heterocycles. The summed E-state index contributed by atoms with van der Waals surface area (Å²) in [5, 5.41) is 6.31. The summed E-state index contributed by atoms with van der Waals surface area (Å²) < 4.78 is 5.22.